The molecule has 104 valence electrons. The molecule has 2 nitrogen and oxygen atoms in total. The highest BCUT2D eigenvalue weighted by Crippen LogP contribution is 2.38. The van der Waals surface area contributed by atoms with E-state index in [0.29, 0.717) is 12.1 Å². The van der Waals surface area contributed by atoms with Gasteiger partial charge >= 0.3 is 0 Å². The lowest BCUT2D eigenvalue weighted by Crippen LogP contribution is -2.37. The van der Waals surface area contributed by atoms with E-state index in [4.69, 9.17) is 4.74 Å². The number of nitrogens with one attached hydrogen (secondary N) is 1. The van der Waals surface area contributed by atoms with Crippen LogP contribution in [0.25, 0.3) is 0 Å². The van der Waals surface area contributed by atoms with Crippen LogP contribution in [0.2, 0.25) is 0 Å². The summed E-state index contributed by atoms with van der Waals surface area (Å²) < 4.78 is 30.7. The Morgan fingerprint density at radius 1 is 1.16 bits per heavy atom. The van der Waals surface area contributed by atoms with Gasteiger partial charge in [-0.1, -0.05) is 24.3 Å². The summed E-state index contributed by atoms with van der Waals surface area (Å²) in [4.78, 5) is 0. The van der Waals surface area contributed by atoms with Crippen molar-refractivity contribution >= 4 is 0 Å². The molecule has 1 aromatic carbocycles. The lowest BCUT2D eigenvalue weighted by molar-refractivity contribution is 0.0809. The first kappa shape index (κ1) is 13.0. The van der Waals surface area contributed by atoms with Gasteiger partial charge in [-0.3, -0.25) is 0 Å². The van der Waals surface area contributed by atoms with E-state index in [0.717, 1.165) is 31.1 Å². The Bertz CT molecular complexity index is 417. The van der Waals surface area contributed by atoms with Crippen LogP contribution in [-0.2, 0) is 11.3 Å². The standard InChI is InChI=1S/C15H19F2NO/c16-15(17)12-3-1-10(2-4-12)9-18-13-7-8-19-14(13)11-5-6-11/h1-4,11,13-15,18H,5-9H2. The smallest absolute Gasteiger partial charge is 0.263 e. The summed E-state index contributed by atoms with van der Waals surface area (Å²) in [5.41, 5.74) is 1.13. The van der Waals surface area contributed by atoms with E-state index in [9.17, 15) is 8.78 Å². The molecule has 1 aromatic rings. The molecule has 19 heavy (non-hydrogen) atoms. The van der Waals surface area contributed by atoms with Gasteiger partial charge in [-0.25, -0.2) is 8.78 Å². The Kier molecular flexibility index (Phi) is 3.80. The number of benzene rings is 1. The van der Waals surface area contributed by atoms with Gasteiger partial charge in [0.05, 0.1) is 6.10 Å². The highest BCUT2D eigenvalue weighted by atomic mass is 19.3. The number of hydrogen-bond acceptors (Lipinski definition) is 2. The van der Waals surface area contributed by atoms with Gasteiger partial charge in [-0.2, -0.15) is 0 Å². The van der Waals surface area contributed by atoms with E-state index in [1.165, 1.54) is 25.0 Å². The van der Waals surface area contributed by atoms with Crippen LogP contribution in [0.4, 0.5) is 8.78 Å². The van der Waals surface area contributed by atoms with Gasteiger partial charge in [0.1, 0.15) is 0 Å². The van der Waals surface area contributed by atoms with E-state index >= 15 is 0 Å². The molecule has 4 heteroatoms. The first-order valence-corrected chi connectivity index (χ1v) is 6.96. The first-order valence-electron chi connectivity index (χ1n) is 6.96. The summed E-state index contributed by atoms with van der Waals surface area (Å²) >= 11 is 0. The van der Waals surface area contributed by atoms with Crippen LogP contribution in [0.15, 0.2) is 24.3 Å². The van der Waals surface area contributed by atoms with Crippen molar-refractivity contribution in [2.45, 2.75) is 44.4 Å². The van der Waals surface area contributed by atoms with E-state index in [2.05, 4.69) is 5.32 Å². The topological polar surface area (TPSA) is 21.3 Å². The molecular formula is C15H19F2NO. The molecule has 1 saturated heterocycles. The van der Waals surface area contributed by atoms with Crippen LogP contribution in [-0.4, -0.2) is 18.8 Å². The zero-order chi connectivity index (χ0) is 13.2. The molecule has 2 unspecified atom stereocenters. The largest absolute Gasteiger partial charge is 0.376 e. The minimum atomic E-state index is -2.38. The van der Waals surface area contributed by atoms with Crippen molar-refractivity contribution in [3.63, 3.8) is 0 Å². The summed E-state index contributed by atoms with van der Waals surface area (Å²) in [5.74, 6) is 0.737. The fourth-order valence-electron chi connectivity index (χ4n) is 2.75. The van der Waals surface area contributed by atoms with Crippen LogP contribution in [0, 0.1) is 5.92 Å². The fourth-order valence-corrected chi connectivity index (χ4v) is 2.75. The van der Waals surface area contributed by atoms with Gasteiger partial charge in [-0.15, -0.1) is 0 Å². The summed E-state index contributed by atoms with van der Waals surface area (Å²) in [6.45, 7) is 1.56. The monoisotopic (exact) mass is 267 g/mol. The summed E-state index contributed by atoms with van der Waals surface area (Å²) in [5, 5.41) is 3.51. The van der Waals surface area contributed by atoms with Crippen molar-refractivity contribution < 1.29 is 13.5 Å². The van der Waals surface area contributed by atoms with Gasteiger partial charge in [0, 0.05) is 24.8 Å². The molecule has 2 aliphatic rings. The molecule has 0 spiro atoms. The lowest BCUT2D eigenvalue weighted by Gasteiger charge is -2.19. The molecule has 0 radical (unpaired) electrons. The Labute approximate surface area is 112 Å². The molecule has 1 heterocycles. The molecule has 3 rings (SSSR count). The molecule has 2 atom stereocenters. The number of ether oxygens (including phenoxy) is 1. The number of hydrogen-bond donors (Lipinski definition) is 1. The maximum atomic E-state index is 12.4. The predicted molar refractivity (Wildman–Crippen MR) is 69.1 cm³/mol. The molecule has 1 N–H and O–H groups in total. The number of rotatable bonds is 5. The Balaban J connectivity index is 1.53. The second kappa shape index (κ2) is 5.55. The van der Waals surface area contributed by atoms with Crippen molar-refractivity contribution in [3.8, 4) is 0 Å². The van der Waals surface area contributed by atoms with Gasteiger partial charge in [-0.05, 0) is 30.7 Å². The first-order chi connectivity index (χ1) is 9.24. The summed E-state index contributed by atoms with van der Waals surface area (Å²) in [7, 11) is 0. The Morgan fingerprint density at radius 3 is 2.53 bits per heavy atom. The molecule has 0 bridgehead atoms. The summed E-state index contributed by atoms with van der Waals surface area (Å²) in [6, 6.07) is 6.98. The average molecular weight is 267 g/mol. The van der Waals surface area contributed by atoms with Crippen LogP contribution < -0.4 is 5.32 Å². The normalized spacial score (nSPS) is 27.1. The average Bonchev–Trinajstić information content (AvgIpc) is 3.16. The second-order valence-electron chi connectivity index (χ2n) is 5.49. The maximum Gasteiger partial charge on any atom is 0.263 e. The highest BCUT2D eigenvalue weighted by Gasteiger charge is 2.40. The van der Waals surface area contributed by atoms with Crippen molar-refractivity contribution in [1.29, 1.82) is 0 Å². The molecule has 1 saturated carbocycles. The van der Waals surface area contributed by atoms with E-state index in [-0.39, 0.29) is 5.56 Å². The van der Waals surface area contributed by atoms with Crippen molar-refractivity contribution in [1.82, 2.24) is 5.32 Å². The van der Waals surface area contributed by atoms with Crippen molar-refractivity contribution in [2.75, 3.05) is 6.61 Å². The van der Waals surface area contributed by atoms with Crippen LogP contribution >= 0.6 is 0 Å². The van der Waals surface area contributed by atoms with Gasteiger partial charge in [0.25, 0.3) is 6.43 Å². The fraction of sp³-hybridized carbons (Fsp3) is 0.600. The zero-order valence-corrected chi connectivity index (χ0v) is 10.8. The van der Waals surface area contributed by atoms with Crippen LogP contribution in [0.5, 0.6) is 0 Å². The number of halogens is 2. The maximum absolute atomic E-state index is 12.4. The molecule has 0 aromatic heterocycles. The predicted octanol–water partition coefficient (Wildman–Crippen LogP) is 3.28. The third-order valence-electron chi connectivity index (χ3n) is 4.02. The number of alkyl halides is 2. The minimum absolute atomic E-state index is 0.0869. The zero-order valence-electron chi connectivity index (χ0n) is 10.8. The lowest BCUT2D eigenvalue weighted by atomic mass is 10.1. The van der Waals surface area contributed by atoms with E-state index < -0.39 is 6.43 Å². The Morgan fingerprint density at radius 2 is 1.89 bits per heavy atom. The highest BCUT2D eigenvalue weighted by molar-refractivity contribution is 5.23. The third kappa shape index (κ3) is 3.12. The molecule has 0 amide bonds. The molecular weight excluding hydrogens is 248 g/mol. The Hall–Kier alpha value is -1.00. The molecule has 1 aliphatic carbocycles. The minimum Gasteiger partial charge on any atom is -0.376 e. The molecule has 2 fully saturated rings. The van der Waals surface area contributed by atoms with Crippen molar-refractivity contribution in [3.05, 3.63) is 35.4 Å². The SMILES string of the molecule is FC(F)c1ccc(CNC2CCOC2C2CC2)cc1. The van der Waals surface area contributed by atoms with Crippen molar-refractivity contribution in [2.24, 2.45) is 5.92 Å². The molecule has 1 aliphatic heterocycles. The van der Waals surface area contributed by atoms with Crippen LogP contribution in [0.3, 0.4) is 0 Å². The van der Waals surface area contributed by atoms with Crippen LogP contribution in [0.1, 0.15) is 36.8 Å². The van der Waals surface area contributed by atoms with Gasteiger partial charge in [0.2, 0.25) is 0 Å². The van der Waals surface area contributed by atoms with E-state index in [1.807, 2.05) is 0 Å². The third-order valence-corrected chi connectivity index (χ3v) is 4.02. The quantitative estimate of drug-likeness (QED) is 0.884. The van der Waals surface area contributed by atoms with Gasteiger partial charge in [0.15, 0.2) is 0 Å². The van der Waals surface area contributed by atoms with E-state index in [1.54, 1.807) is 12.1 Å². The van der Waals surface area contributed by atoms with Gasteiger partial charge < -0.3 is 10.1 Å². The second-order valence-corrected chi connectivity index (χ2v) is 5.49. The summed E-state index contributed by atoms with van der Waals surface area (Å²) in [6.07, 6.45) is 1.60.